The molecule has 76 valence electrons. The number of para-hydroxylation sites is 1. The van der Waals surface area contributed by atoms with Crippen molar-refractivity contribution in [2.45, 2.75) is 0 Å². The summed E-state index contributed by atoms with van der Waals surface area (Å²) < 4.78 is 5.53. The summed E-state index contributed by atoms with van der Waals surface area (Å²) in [6, 6.07) is 7.71. The number of halogens is 1. The van der Waals surface area contributed by atoms with Crippen molar-refractivity contribution in [1.29, 1.82) is 0 Å². The smallest absolute Gasteiger partial charge is 0.220 e. The molecule has 0 atom stereocenters. The van der Waals surface area contributed by atoms with E-state index in [4.69, 9.17) is 10.2 Å². The average molecular weight is 222 g/mol. The van der Waals surface area contributed by atoms with E-state index in [1.807, 2.05) is 24.3 Å². The molecule has 0 saturated heterocycles. The van der Waals surface area contributed by atoms with Crippen LogP contribution >= 0.6 is 12.4 Å². The highest BCUT2D eigenvalue weighted by atomic mass is 35.5. The Morgan fingerprint density at radius 1 is 1.13 bits per heavy atom. The van der Waals surface area contributed by atoms with Gasteiger partial charge in [0.15, 0.2) is 5.58 Å². The molecule has 4 nitrogen and oxygen atoms in total. The molecule has 0 aliphatic rings. The van der Waals surface area contributed by atoms with Crippen LogP contribution in [0, 0.1) is 0 Å². The predicted molar refractivity (Wildman–Crippen MR) is 61.0 cm³/mol. The van der Waals surface area contributed by atoms with Crippen LogP contribution in [0.25, 0.3) is 22.1 Å². The summed E-state index contributed by atoms with van der Waals surface area (Å²) in [4.78, 5) is 8.01. The molecule has 5 heteroatoms. The summed E-state index contributed by atoms with van der Waals surface area (Å²) in [6.45, 7) is 0. The Bertz CT molecular complexity index is 620. The van der Waals surface area contributed by atoms with E-state index in [-0.39, 0.29) is 18.4 Å². The fourth-order valence-electron chi connectivity index (χ4n) is 1.52. The van der Waals surface area contributed by atoms with Crippen molar-refractivity contribution in [3.05, 3.63) is 30.5 Å². The van der Waals surface area contributed by atoms with Crippen LogP contribution in [0.3, 0.4) is 0 Å². The first-order chi connectivity index (χ1) is 6.84. The zero-order valence-electron chi connectivity index (χ0n) is 7.68. The lowest BCUT2D eigenvalue weighted by atomic mass is 10.2. The maximum Gasteiger partial charge on any atom is 0.220 e. The van der Waals surface area contributed by atoms with Crippen LogP contribution < -0.4 is 5.73 Å². The number of benzene rings is 1. The zero-order valence-corrected chi connectivity index (χ0v) is 8.49. The number of nitrogen functional groups attached to an aromatic ring is 1. The second-order valence-corrected chi connectivity index (χ2v) is 3.04. The molecule has 0 bridgehead atoms. The van der Waals surface area contributed by atoms with E-state index in [9.17, 15) is 0 Å². The van der Waals surface area contributed by atoms with Gasteiger partial charge >= 0.3 is 0 Å². The van der Waals surface area contributed by atoms with Gasteiger partial charge in [0.25, 0.3) is 0 Å². The Balaban J connectivity index is 0.000000853. The van der Waals surface area contributed by atoms with E-state index < -0.39 is 0 Å². The van der Waals surface area contributed by atoms with Crippen LogP contribution in [0.5, 0.6) is 0 Å². The molecule has 2 N–H and O–H groups in total. The lowest BCUT2D eigenvalue weighted by Gasteiger charge is -1.89. The van der Waals surface area contributed by atoms with Gasteiger partial charge in [-0.2, -0.15) is 0 Å². The highest BCUT2D eigenvalue weighted by Crippen LogP contribution is 2.26. The number of furan rings is 1. The summed E-state index contributed by atoms with van der Waals surface area (Å²) in [5.74, 6) is 0.268. The number of anilines is 1. The van der Waals surface area contributed by atoms with Crippen molar-refractivity contribution in [3.63, 3.8) is 0 Å². The van der Waals surface area contributed by atoms with E-state index in [2.05, 4.69) is 9.97 Å². The van der Waals surface area contributed by atoms with Crippen LogP contribution in [0.4, 0.5) is 5.95 Å². The van der Waals surface area contributed by atoms with Crippen molar-refractivity contribution in [2.75, 3.05) is 5.73 Å². The van der Waals surface area contributed by atoms with Gasteiger partial charge in [-0.05, 0) is 12.1 Å². The highest BCUT2D eigenvalue weighted by Gasteiger charge is 2.07. The summed E-state index contributed by atoms with van der Waals surface area (Å²) >= 11 is 0. The van der Waals surface area contributed by atoms with E-state index >= 15 is 0 Å². The Labute approximate surface area is 91.5 Å². The molecule has 0 aliphatic carbocycles. The molecule has 0 fully saturated rings. The number of nitrogens with two attached hydrogens (primary N) is 1. The third-order valence-corrected chi connectivity index (χ3v) is 2.14. The average Bonchev–Trinajstić information content (AvgIpc) is 2.56. The molecule has 3 rings (SSSR count). The van der Waals surface area contributed by atoms with Gasteiger partial charge in [0, 0.05) is 5.39 Å². The number of hydrogen-bond donors (Lipinski definition) is 1. The zero-order chi connectivity index (χ0) is 9.54. The molecular formula is C10H8ClN3O. The molecule has 2 aromatic heterocycles. The molecule has 3 aromatic rings. The normalized spacial score (nSPS) is 10.4. The Kier molecular flexibility index (Phi) is 2.21. The minimum atomic E-state index is 0. The number of rotatable bonds is 0. The van der Waals surface area contributed by atoms with Gasteiger partial charge in [-0.25, -0.2) is 9.97 Å². The number of aromatic nitrogens is 2. The van der Waals surface area contributed by atoms with Gasteiger partial charge in [0.1, 0.15) is 11.1 Å². The fourth-order valence-corrected chi connectivity index (χ4v) is 1.52. The Morgan fingerprint density at radius 2 is 1.93 bits per heavy atom. The van der Waals surface area contributed by atoms with Crippen LogP contribution in [-0.4, -0.2) is 9.97 Å². The molecule has 0 unspecified atom stereocenters. The second kappa shape index (κ2) is 3.40. The summed E-state index contributed by atoms with van der Waals surface area (Å²) in [7, 11) is 0. The summed E-state index contributed by atoms with van der Waals surface area (Å²) in [6.07, 6.45) is 1.59. The van der Waals surface area contributed by atoms with Gasteiger partial charge < -0.3 is 10.2 Å². The third-order valence-electron chi connectivity index (χ3n) is 2.14. The molecule has 0 spiro atoms. The molecule has 0 amide bonds. The van der Waals surface area contributed by atoms with Gasteiger partial charge in [0.05, 0.1) is 6.20 Å². The quantitative estimate of drug-likeness (QED) is 0.633. The highest BCUT2D eigenvalue weighted by molar-refractivity contribution is 6.02. The van der Waals surface area contributed by atoms with E-state index in [0.717, 1.165) is 16.5 Å². The van der Waals surface area contributed by atoms with Gasteiger partial charge in [-0.3, -0.25) is 0 Å². The van der Waals surface area contributed by atoms with Gasteiger partial charge in [-0.1, -0.05) is 12.1 Å². The largest absolute Gasteiger partial charge is 0.453 e. The lowest BCUT2D eigenvalue weighted by Crippen LogP contribution is -1.92. The van der Waals surface area contributed by atoms with E-state index in [1.165, 1.54) is 0 Å². The molecule has 0 aliphatic heterocycles. The lowest BCUT2D eigenvalue weighted by molar-refractivity contribution is 0.666. The second-order valence-electron chi connectivity index (χ2n) is 3.04. The maximum absolute atomic E-state index is 5.53. The Hall–Kier alpha value is -1.81. The topological polar surface area (TPSA) is 64.9 Å². The van der Waals surface area contributed by atoms with Gasteiger partial charge in [-0.15, -0.1) is 12.4 Å². The summed E-state index contributed by atoms with van der Waals surface area (Å²) in [5.41, 5.74) is 7.76. The van der Waals surface area contributed by atoms with Crippen LogP contribution in [0.15, 0.2) is 34.9 Å². The number of nitrogens with zero attached hydrogens (tertiary/aromatic N) is 2. The van der Waals surface area contributed by atoms with Crippen molar-refractivity contribution >= 4 is 40.4 Å². The first kappa shape index (κ1) is 9.73. The predicted octanol–water partition coefficient (Wildman–Crippen LogP) is 2.38. The van der Waals surface area contributed by atoms with Crippen molar-refractivity contribution in [3.8, 4) is 0 Å². The number of hydrogen-bond acceptors (Lipinski definition) is 4. The van der Waals surface area contributed by atoms with Crippen molar-refractivity contribution < 1.29 is 4.42 Å². The number of fused-ring (bicyclic) bond motifs is 3. The molecule has 2 heterocycles. The maximum atomic E-state index is 5.53. The monoisotopic (exact) mass is 221 g/mol. The molecule has 1 aromatic carbocycles. The van der Waals surface area contributed by atoms with Crippen LogP contribution in [0.2, 0.25) is 0 Å². The first-order valence-electron chi connectivity index (χ1n) is 4.24. The van der Waals surface area contributed by atoms with E-state index in [1.54, 1.807) is 6.20 Å². The Morgan fingerprint density at radius 3 is 2.80 bits per heavy atom. The van der Waals surface area contributed by atoms with Gasteiger partial charge in [0.2, 0.25) is 5.95 Å². The first-order valence-corrected chi connectivity index (χ1v) is 4.24. The molecule has 0 radical (unpaired) electrons. The SMILES string of the molecule is Cl.Nc1ncc2oc3ccccc3c2n1. The van der Waals surface area contributed by atoms with Crippen molar-refractivity contribution in [1.82, 2.24) is 9.97 Å². The minimum absolute atomic E-state index is 0. The fraction of sp³-hybridized carbons (Fsp3) is 0. The minimum Gasteiger partial charge on any atom is -0.453 e. The molecular weight excluding hydrogens is 214 g/mol. The van der Waals surface area contributed by atoms with Crippen LogP contribution in [0.1, 0.15) is 0 Å². The molecule has 15 heavy (non-hydrogen) atoms. The van der Waals surface area contributed by atoms with Crippen LogP contribution in [-0.2, 0) is 0 Å². The summed E-state index contributed by atoms with van der Waals surface area (Å²) in [5, 5.41) is 0.969. The third kappa shape index (κ3) is 1.39. The molecule has 0 saturated carbocycles. The van der Waals surface area contributed by atoms with Crippen molar-refractivity contribution in [2.24, 2.45) is 0 Å². The van der Waals surface area contributed by atoms with E-state index in [0.29, 0.717) is 5.58 Å². The standard InChI is InChI=1S/C10H7N3O.ClH/c11-10-12-5-8-9(13-10)6-3-1-2-4-7(6)14-8;/h1-5H,(H2,11,12,13);1H.